The first-order chi connectivity index (χ1) is 21.3. The molecule has 1 atom stereocenters. The first kappa shape index (κ1) is 33.5. The number of ether oxygens (including phenoxy) is 2. The molecule has 1 heterocycles. The Kier molecular flexibility index (Phi) is 10.5. The van der Waals surface area contributed by atoms with Crippen LogP contribution in [0.3, 0.4) is 0 Å². The fourth-order valence-corrected chi connectivity index (χ4v) is 5.98. The van der Waals surface area contributed by atoms with Crippen LogP contribution in [0.2, 0.25) is 0 Å². The number of sulfone groups is 1. The van der Waals surface area contributed by atoms with Crippen molar-refractivity contribution in [1.29, 1.82) is 0 Å². The van der Waals surface area contributed by atoms with Crippen LogP contribution in [-0.4, -0.2) is 82.1 Å². The summed E-state index contributed by atoms with van der Waals surface area (Å²) < 4.78 is 65.7. The van der Waals surface area contributed by atoms with Crippen LogP contribution >= 0.6 is 0 Å². The van der Waals surface area contributed by atoms with E-state index >= 15 is 0 Å². The van der Waals surface area contributed by atoms with Crippen molar-refractivity contribution in [2.75, 3.05) is 51.6 Å². The monoisotopic (exact) mass is 643 g/mol. The molecule has 0 saturated heterocycles. The Morgan fingerprint density at radius 2 is 1.73 bits per heavy atom. The van der Waals surface area contributed by atoms with Crippen molar-refractivity contribution in [2.45, 2.75) is 36.1 Å². The second kappa shape index (κ2) is 14.1. The van der Waals surface area contributed by atoms with Crippen LogP contribution in [0.25, 0.3) is 10.9 Å². The zero-order valence-corrected chi connectivity index (χ0v) is 26.4. The standard InChI is InChI=1S/C31H35F2N5O6S/c1-6-44-31(40)38-28-10-8-23(45(41,42)24-15-21(32)14-22(33)16-24)17-26(28)29(36-38)35-30(39)25-9-7-20(11-12-37(3)4)13-27(25)34-19(2)18-43-5/h7-10,13-17,19,34H,6,11-12,18H2,1-5H3,(H,35,36,39). The number of amides is 1. The molecule has 0 aliphatic rings. The highest BCUT2D eigenvalue weighted by molar-refractivity contribution is 7.91. The van der Waals surface area contributed by atoms with Crippen LogP contribution in [0.1, 0.15) is 29.8 Å². The molecule has 240 valence electrons. The van der Waals surface area contributed by atoms with E-state index in [1.807, 2.05) is 38.1 Å². The molecular weight excluding hydrogens is 608 g/mol. The Morgan fingerprint density at radius 3 is 2.38 bits per heavy atom. The van der Waals surface area contributed by atoms with Crippen molar-refractivity contribution in [3.05, 3.63) is 77.4 Å². The van der Waals surface area contributed by atoms with E-state index in [9.17, 15) is 26.8 Å². The summed E-state index contributed by atoms with van der Waals surface area (Å²) in [6.45, 7) is 4.72. The third-order valence-corrected chi connectivity index (χ3v) is 8.51. The molecular formula is C31H35F2N5O6S. The summed E-state index contributed by atoms with van der Waals surface area (Å²) in [7, 11) is 1.10. The molecule has 45 heavy (non-hydrogen) atoms. The van der Waals surface area contributed by atoms with Crippen LogP contribution in [0.4, 0.5) is 25.1 Å². The number of nitrogens with one attached hydrogen (secondary N) is 2. The molecule has 0 aliphatic heterocycles. The van der Waals surface area contributed by atoms with E-state index in [-0.39, 0.29) is 39.8 Å². The van der Waals surface area contributed by atoms with Gasteiger partial charge in [-0.25, -0.2) is 22.0 Å². The number of nitrogens with zero attached hydrogens (tertiary/aromatic N) is 3. The number of likely N-dealkylation sites (N-methyl/N-ethyl adjacent to an activating group) is 1. The smallest absolute Gasteiger partial charge is 0.435 e. The van der Waals surface area contributed by atoms with Gasteiger partial charge in [0.05, 0.1) is 34.1 Å². The van der Waals surface area contributed by atoms with Gasteiger partial charge in [0.1, 0.15) is 11.6 Å². The number of rotatable bonds is 12. The maximum absolute atomic E-state index is 13.9. The maximum Gasteiger partial charge on any atom is 0.435 e. The van der Waals surface area contributed by atoms with Crippen molar-refractivity contribution < 1.29 is 36.3 Å². The summed E-state index contributed by atoms with van der Waals surface area (Å²) in [5.74, 6) is -2.83. The van der Waals surface area contributed by atoms with Crippen LogP contribution in [0.5, 0.6) is 0 Å². The summed E-state index contributed by atoms with van der Waals surface area (Å²) in [6.07, 6.45) is -0.115. The van der Waals surface area contributed by atoms with Crippen molar-refractivity contribution in [3.8, 4) is 0 Å². The molecule has 4 rings (SSSR count). The van der Waals surface area contributed by atoms with E-state index in [4.69, 9.17) is 9.47 Å². The van der Waals surface area contributed by atoms with Crippen molar-refractivity contribution >= 4 is 44.2 Å². The first-order valence-corrected chi connectivity index (χ1v) is 15.6. The van der Waals surface area contributed by atoms with Crippen LogP contribution in [0.15, 0.2) is 64.4 Å². The van der Waals surface area contributed by atoms with Crippen molar-refractivity contribution in [2.24, 2.45) is 0 Å². The van der Waals surface area contributed by atoms with E-state index in [1.165, 1.54) is 18.2 Å². The Bertz CT molecular complexity index is 1810. The van der Waals surface area contributed by atoms with E-state index in [0.29, 0.717) is 30.5 Å². The zero-order chi connectivity index (χ0) is 32.9. The molecule has 1 unspecified atom stereocenters. The number of benzene rings is 3. The van der Waals surface area contributed by atoms with Gasteiger partial charge in [-0.1, -0.05) is 6.07 Å². The normalized spacial score (nSPS) is 12.4. The first-order valence-electron chi connectivity index (χ1n) is 14.1. The molecule has 11 nitrogen and oxygen atoms in total. The number of hydrogen-bond donors (Lipinski definition) is 2. The molecule has 4 aromatic rings. The molecule has 3 aromatic carbocycles. The average molecular weight is 644 g/mol. The number of carbonyl (C=O) groups excluding carboxylic acids is 2. The lowest BCUT2D eigenvalue weighted by Gasteiger charge is -2.19. The second-order valence-electron chi connectivity index (χ2n) is 10.6. The number of methoxy groups -OCH3 is 1. The summed E-state index contributed by atoms with van der Waals surface area (Å²) in [5, 5.41) is 10.3. The molecule has 0 bridgehead atoms. The number of anilines is 2. The predicted molar refractivity (Wildman–Crippen MR) is 166 cm³/mol. The van der Waals surface area contributed by atoms with Gasteiger partial charge in [-0.05, 0) is 82.4 Å². The molecule has 0 aliphatic carbocycles. The average Bonchev–Trinajstić information content (AvgIpc) is 3.33. The maximum atomic E-state index is 13.9. The molecule has 0 fully saturated rings. The highest BCUT2D eigenvalue weighted by Crippen LogP contribution is 2.31. The Morgan fingerprint density at radius 1 is 1.02 bits per heavy atom. The third-order valence-electron chi connectivity index (χ3n) is 6.78. The van der Waals surface area contributed by atoms with Crippen LogP contribution in [-0.2, 0) is 25.7 Å². The van der Waals surface area contributed by atoms with E-state index in [0.717, 1.165) is 23.2 Å². The predicted octanol–water partition coefficient (Wildman–Crippen LogP) is 4.96. The fourth-order valence-electron chi connectivity index (χ4n) is 4.65. The minimum absolute atomic E-state index is 0.0360. The van der Waals surface area contributed by atoms with Crippen molar-refractivity contribution in [3.63, 3.8) is 0 Å². The van der Waals surface area contributed by atoms with Gasteiger partial charge in [0.25, 0.3) is 5.91 Å². The van der Waals surface area contributed by atoms with Gasteiger partial charge in [0.2, 0.25) is 9.84 Å². The van der Waals surface area contributed by atoms with Crippen LogP contribution < -0.4 is 10.6 Å². The minimum Gasteiger partial charge on any atom is -0.448 e. The van der Waals surface area contributed by atoms with Gasteiger partial charge in [0.15, 0.2) is 5.82 Å². The van der Waals surface area contributed by atoms with Gasteiger partial charge in [-0.3, -0.25) is 4.79 Å². The van der Waals surface area contributed by atoms with Gasteiger partial charge < -0.3 is 25.0 Å². The molecule has 1 aromatic heterocycles. The SMILES string of the molecule is CCOC(=O)n1nc(NC(=O)c2ccc(CCN(C)C)cc2NC(C)COC)c2cc(S(=O)(=O)c3cc(F)cc(F)c3)ccc21. The van der Waals surface area contributed by atoms with Crippen LogP contribution in [0, 0.1) is 11.6 Å². The van der Waals surface area contributed by atoms with Gasteiger partial charge in [-0.15, -0.1) is 5.10 Å². The summed E-state index contributed by atoms with van der Waals surface area (Å²) in [4.78, 5) is 27.6. The minimum atomic E-state index is -4.41. The lowest BCUT2D eigenvalue weighted by Crippen LogP contribution is -2.24. The Balaban J connectivity index is 1.79. The Labute approximate surface area is 260 Å². The fraction of sp³-hybridized carbons (Fsp3) is 0.323. The van der Waals surface area contributed by atoms with Gasteiger partial charge in [0, 0.05) is 36.8 Å². The number of hydrogen-bond acceptors (Lipinski definition) is 9. The highest BCUT2D eigenvalue weighted by atomic mass is 32.2. The third kappa shape index (κ3) is 7.82. The van der Waals surface area contributed by atoms with E-state index in [2.05, 4.69) is 15.7 Å². The highest BCUT2D eigenvalue weighted by Gasteiger charge is 2.25. The van der Waals surface area contributed by atoms with Gasteiger partial charge >= 0.3 is 6.09 Å². The van der Waals surface area contributed by atoms with E-state index in [1.54, 1.807) is 20.1 Å². The molecule has 14 heteroatoms. The van der Waals surface area contributed by atoms with E-state index < -0.39 is 38.4 Å². The molecule has 1 amide bonds. The summed E-state index contributed by atoms with van der Waals surface area (Å²) in [5.41, 5.74) is 1.94. The second-order valence-corrected chi connectivity index (χ2v) is 12.6. The topological polar surface area (TPSA) is 132 Å². The Hall–Kier alpha value is -4.40. The number of fused-ring (bicyclic) bond motifs is 1. The van der Waals surface area contributed by atoms with Crippen molar-refractivity contribution in [1.82, 2.24) is 14.7 Å². The number of halogens is 2. The molecule has 0 spiro atoms. The quantitative estimate of drug-likeness (QED) is 0.220. The largest absolute Gasteiger partial charge is 0.448 e. The summed E-state index contributed by atoms with van der Waals surface area (Å²) in [6, 6.07) is 10.9. The number of carbonyl (C=O) groups is 2. The molecule has 0 radical (unpaired) electrons. The lowest BCUT2D eigenvalue weighted by molar-refractivity contribution is 0.102. The number of aromatic nitrogens is 2. The van der Waals surface area contributed by atoms with Gasteiger partial charge in [-0.2, -0.15) is 4.68 Å². The molecule has 2 N–H and O–H groups in total. The summed E-state index contributed by atoms with van der Waals surface area (Å²) >= 11 is 0. The molecule has 0 saturated carbocycles. The zero-order valence-electron chi connectivity index (χ0n) is 25.6. The lowest BCUT2D eigenvalue weighted by atomic mass is 10.0.